The number of nitrogens with one attached hydrogen (secondary N) is 1. The highest BCUT2D eigenvalue weighted by Crippen LogP contribution is 2.19. The molecule has 0 saturated heterocycles. The first kappa shape index (κ1) is 10.5. The third-order valence-electron chi connectivity index (χ3n) is 2.15. The summed E-state index contributed by atoms with van der Waals surface area (Å²) in [5.74, 6) is 1.52. The molecule has 2 nitrogen and oxygen atoms in total. The van der Waals surface area contributed by atoms with Crippen LogP contribution in [-0.2, 0) is 0 Å². The molecule has 1 heterocycles. The van der Waals surface area contributed by atoms with E-state index in [0.717, 1.165) is 23.2 Å². The molecule has 1 aromatic carbocycles. The number of rotatable bonds is 1. The van der Waals surface area contributed by atoms with Crippen LogP contribution >= 0.6 is 11.8 Å². The summed E-state index contributed by atoms with van der Waals surface area (Å²) in [6, 6.07) is 6.32. The molecule has 1 aromatic rings. The van der Waals surface area contributed by atoms with E-state index < -0.39 is 0 Å². The number of anilines is 1. The maximum Gasteiger partial charge on any atom is 0.161 e. The van der Waals surface area contributed by atoms with Gasteiger partial charge in [0.25, 0.3) is 0 Å². The fraction of sp³-hybridized carbons (Fsp3) is 0.364. The highest BCUT2D eigenvalue weighted by molar-refractivity contribution is 8.14. The van der Waals surface area contributed by atoms with Crippen molar-refractivity contribution in [3.8, 4) is 0 Å². The Hall–Kier alpha value is -1.03. The highest BCUT2D eigenvalue weighted by Gasteiger charge is 2.11. The molecule has 0 spiro atoms. The zero-order chi connectivity index (χ0) is 10.7. The molecule has 0 radical (unpaired) electrons. The summed E-state index contributed by atoms with van der Waals surface area (Å²) in [5, 5.41) is 4.11. The smallest absolute Gasteiger partial charge is 0.161 e. The van der Waals surface area contributed by atoms with Gasteiger partial charge >= 0.3 is 0 Å². The average molecular weight is 224 g/mol. The quantitative estimate of drug-likeness (QED) is 0.793. The van der Waals surface area contributed by atoms with Gasteiger partial charge in [-0.3, -0.25) is 4.99 Å². The minimum atomic E-state index is -0.215. The second kappa shape index (κ2) is 4.66. The van der Waals surface area contributed by atoms with Gasteiger partial charge in [0.1, 0.15) is 5.82 Å². The molecular weight excluding hydrogens is 211 g/mol. The average Bonchev–Trinajstić information content (AvgIpc) is 2.25. The number of thioether (sulfide) groups is 1. The van der Waals surface area contributed by atoms with Crippen molar-refractivity contribution in [3.05, 3.63) is 30.1 Å². The van der Waals surface area contributed by atoms with Gasteiger partial charge < -0.3 is 5.32 Å². The van der Waals surface area contributed by atoms with Crippen molar-refractivity contribution < 1.29 is 4.39 Å². The molecule has 1 N–H and O–H groups in total. The summed E-state index contributed by atoms with van der Waals surface area (Å²) in [4.78, 5) is 4.40. The van der Waals surface area contributed by atoms with Crippen LogP contribution in [-0.4, -0.2) is 17.5 Å². The van der Waals surface area contributed by atoms with Crippen molar-refractivity contribution in [2.24, 2.45) is 10.9 Å². The molecule has 0 aliphatic carbocycles. The summed E-state index contributed by atoms with van der Waals surface area (Å²) in [7, 11) is 0. The zero-order valence-corrected chi connectivity index (χ0v) is 9.35. The first-order valence-corrected chi connectivity index (χ1v) is 5.92. The van der Waals surface area contributed by atoms with Gasteiger partial charge in [-0.1, -0.05) is 18.7 Å². The molecule has 2 rings (SSSR count). The Morgan fingerprint density at radius 3 is 2.73 bits per heavy atom. The minimum Gasteiger partial charge on any atom is -0.335 e. The molecule has 0 saturated carbocycles. The van der Waals surface area contributed by atoms with Crippen LogP contribution in [0.2, 0.25) is 0 Å². The van der Waals surface area contributed by atoms with Crippen LogP contribution < -0.4 is 5.32 Å². The van der Waals surface area contributed by atoms with Gasteiger partial charge in [0.15, 0.2) is 5.17 Å². The molecule has 1 unspecified atom stereocenters. The summed E-state index contributed by atoms with van der Waals surface area (Å²) >= 11 is 1.72. The van der Waals surface area contributed by atoms with E-state index in [1.54, 1.807) is 23.9 Å². The number of hydrogen-bond acceptors (Lipinski definition) is 3. The van der Waals surface area contributed by atoms with Crippen molar-refractivity contribution in [3.63, 3.8) is 0 Å². The van der Waals surface area contributed by atoms with E-state index in [-0.39, 0.29) is 5.82 Å². The van der Waals surface area contributed by atoms with Crippen LogP contribution in [0.4, 0.5) is 10.1 Å². The lowest BCUT2D eigenvalue weighted by atomic mass is 10.2. The van der Waals surface area contributed by atoms with Crippen LogP contribution in [0.1, 0.15) is 6.92 Å². The van der Waals surface area contributed by atoms with Crippen molar-refractivity contribution in [1.82, 2.24) is 0 Å². The Morgan fingerprint density at radius 2 is 2.13 bits per heavy atom. The van der Waals surface area contributed by atoms with Gasteiger partial charge in [-0.05, 0) is 30.2 Å². The molecular formula is C11H13FN2S. The topological polar surface area (TPSA) is 24.4 Å². The number of nitrogens with zero attached hydrogens (tertiary/aromatic N) is 1. The molecule has 15 heavy (non-hydrogen) atoms. The standard InChI is InChI=1S/C11H13FN2S/c1-8-6-13-11(15-7-8)14-10-4-2-9(12)3-5-10/h2-5,8H,6-7H2,1H3,(H,13,14). The lowest BCUT2D eigenvalue weighted by molar-refractivity contribution is 0.628. The van der Waals surface area contributed by atoms with E-state index in [0.29, 0.717) is 5.92 Å². The van der Waals surface area contributed by atoms with Crippen LogP contribution in [0.15, 0.2) is 29.3 Å². The van der Waals surface area contributed by atoms with Gasteiger partial charge in [0, 0.05) is 18.0 Å². The summed E-state index contributed by atoms with van der Waals surface area (Å²) in [6.07, 6.45) is 0. The maximum atomic E-state index is 12.7. The van der Waals surface area contributed by atoms with Crippen molar-refractivity contribution in [1.29, 1.82) is 0 Å². The number of halogens is 1. The van der Waals surface area contributed by atoms with Crippen molar-refractivity contribution >= 4 is 22.6 Å². The third-order valence-corrected chi connectivity index (χ3v) is 3.39. The summed E-state index contributed by atoms with van der Waals surface area (Å²) in [6.45, 7) is 3.06. The SMILES string of the molecule is CC1CN=C(Nc2ccc(F)cc2)SC1. The Labute approximate surface area is 93.0 Å². The van der Waals surface area contributed by atoms with Gasteiger partial charge in [-0.2, -0.15) is 0 Å². The molecule has 80 valence electrons. The fourth-order valence-corrected chi connectivity index (χ4v) is 2.19. The minimum absolute atomic E-state index is 0.215. The molecule has 1 aliphatic heterocycles. The number of amidine groups is 1. The molecule has 1 aliphatic rings. The molecule has 0 bridgehead atoms. The zero-order valence-electron chi connectivity index (χ0n) is 8.53. The van der Waals surface area contributed by atoms with Crippen molar-refractivity contribution in [2.45, 2.75) is 6.92 Å². The molecule has 0 fully saturated rings. The number of benzene rings is 1. The van der Waals surface area contributed by atoms with E-state index in [2.05, 4.69) is 17.2 Å². The van der Waals surface area contributed by atoms with Gasteiger partial charge in [0.2, 0.25) is 0 Å². The Balaban J connectivity index is 2.00. The maximum absolute atomic E-state index is 12.7. The Bertz CT molecular complexity index is 361. The van der Waals surface area contributed by atoms with E-state index in [9.17, 15) is 4.39 Å². The summed E-state index contributed by atoms with van der Waals surface area (Å²) < 4.78 is 12.7. The monoisotopic (exact) mass is 224 g/mol. The molecule has 0 amide bonds. The first-order chi connectivity index (χ1) is 7.24. The number of aliphatic imine (C=N–C) groups is 1. The predicted octanol–water partition coefficient (Wildman–Crippen LogP) is 2.98. The van der Waals surface area contributed by atoms with E-state index in [4.69, 9.17) is 0 Å². The second-order valence-electron chi connectivity index (χ2n) is 3.69. The van der Waals surface area contributed by atoms with Crippen LogP contribution in [0, 0.1) is 11.7 Å². The van der Waals surface area contributed by atoms with E-state index in [1.165, 1.54) is 12.1 Å². The van der Waals surface area contributed by atoms with Crippen LogP contribution in [0.5, 0.6) is 0 Å². The normalized spacial score (nSPS) is 20.9. The third kappa shape index (κ3) is 2.96. The van der Waals surface area contributed by atoms with Crippen LogP contribution in [0.3, 0.4) is 0 Å². The van der Waals surface area contributed by atoms with E-state index in [1.807, 2.05) is 0 Å². The Morgan fingerprint density at radius 1 is 1.40 bits per heavy atom. The van der Waals surface area contributed by atoms with Gasteiger partial charge in [-0.15, -0.1) is 0 Å². The van der Waals surface area contributed by atoms with Gasteiger partial charge in [0.05, 0.1) is 0 Å². The molecule has 0 aromatic heterocycles. The predicted molar refractivity (Wildman–Crippen MR) is 63.9 cm³/mol. The number of hydrogen-bond donors (Lipinski definition) is 1. The fourth-order valence-electron chi connectivity index (χ4n) is 1.29. The van der Waals surface area contributed by atoms with Crippen molar-refractivity contribution in [2.75, 3.05) is 17.6 Å². The second-order valence-corrected chi connectivity index (χ2v) is 4.70. The van der Waals surface area contributed by atoms with Crippen LogP contribution in [0.25, 0.3) is 0 Å². The Kier molecular flexibility index (Phi) is 3.26. The first-order valence-electron chi connectivity index (χ1n) is 4.94. The summed E-state index contributed by atoms with van der Waals surface area (Å²) in [5.41, 5.74) is 0.886. The lowest BCUT2D eigenvalue weighted by Gasteiger charge is -2.17. The molecule has 1 atom stereocenters. The molecule has 4 heteroatoms. The highest BCUT2D eigenvalue weighted by atomic mass is 32.2. The lowest BCUT2D eigenvalue weighted by Crippen LogP contribution is -2.18. The largest absolute Gasteiger partial charge is 0.335 e. The van der Waals surface area contributed by atoms with Gasteiger partial charge in [-0.25, -0.2) is 4.39 Å². The van der Waals surface area contributed by atoms with E-state index >= 15 is 0 Å².